The minimum absolute atomic E-state index is 0.0838. The van der Waals surface area contributed by atoms with Crippen molar-refractivity contribution < 1.29 is 14.7 Å². The Balaban J connectivity index is 1.55. The zero-order chi connectivity index (χ0) is 23.5. The molecule has 0 aliphatic heterocycles. The molecular formula is C24H20ClN5O3. The largest absolute Gasteiger partial charge is 0.478 e. The molecule has 3 aromatic heterocycles. The number of halogens is 1. The minimum atomic E-state index is -1.08. The Hall–Kier alpha value is -4.04. The van der Waals surface area contributed by atoms with Crippen molar-refractivity contribution in [3.05, 3.63) is 93.5 Å². The highest BCUT2D eigenvalue weighted by atomic mass is 35.5. The summed E-state index contributed by atoms with van der Waals surface area (Å²) in [5.41, 5.74) is 9.54. The van der Waals surface area contributed by atoms with Crippen LogP contribution in [-0.4, -0.2) is 31.9 Å². The quantitative estimate of drug-likeness (QED) is 0.398. The molecule has 1 amide bonds. The number of carboxylic acid groups (broad SMARTS) is 1. The third kappa shape index (κ3) is 5.07. The van der Waals surface area contributed by atoms with Crippen LogP contribution in [0.3, 0.4) is 0 Å². The molecule has 0 fully saturated rings. The number of amides is 1. The number of carbonyl (C=O) groups is 2. The summed E-state index contributed by atoms with van der Waals surface area (Å²) in [6.07, 6.45) is 3.31. The summed E-state index contributed by atoms with van der Waals surface area (Å²) < 4.78 is 0. The molecule has 3 heterocycles. The van der Waals surface area contributed by atoms with E-state index in [-0.39, 0.29) is 11.5 Å². The molecule has 4 N–H and O–H groups in total. The normalized spacial score (nSPS) is 10.8. The lowest BCUT2D eigenvalue weighted by Gasteiger charge is -2.10. The van der Waals surface area contributed by atoms with Gasteiger partial charge in [0, 0.05) is 47.7 Å². The van der Waals surface area contributed by atoms with Crippen molar-refractivity contribution >= 4 is 40.2 Å². The van der Waals surface area contributed by atoms with Crippen LogP contribution < -0.4 is 11.1 Å². The molecule has 1 aromatic carbocycles. The molecule has 33 heavy (non-hydrogen) atoms. The van der Waals surface area contributed by atoms with Crippen LogP contribution >= 0.6 is 11.6 Å². The Kier molecular flexibility index (Phi) is 6.19. The fourth-order valence-corrected chi connectivity index (χ4v) is 3.72. The average molecular weight is 462 g/mol. The van der Waals surface area contributed by atoms with Crippen LogP contribution in [0, 0.1) is 6.92 Å². The lowest BCUT2D eigenvalue weighted by atomic mass is 10.0. The molecule has 9 heteroatoms. The number of nitrogens with two attached hydrogens (primary N) is 1. The van der Waals surface area contributed by atoms with Gasteiger partial charge in [0.05, 0.1) is 16.1 Å². The first-order valence-corrected chi connectivity index (χ1v) is 10.4. The molecule has 0 spiro atoms. The van der Waals surface area contributed by atoms with E-state index in [1.807, 2.05) is 19.1 Å². The summed E-state index contributed by atoms with van der Waals surface area (Å²) in [6.45, 7) is 2.15. The number of aromatic carboxylic acids is 1. The van der Waals surface area contributed by atoms with Crippen LogP contribution in [-0.2, 0) is 13.0 Å². The van der Waals surface area contributed by atoms with E-state index in [2.05, 4.69) is 20.3 Å². The fraction of sp³-hybridized carbons (Fsp3) is 0.125. The van der Waals surface area contributed by atoms with E-state index < -0.39 is 5.97 Å². The van der Waals surface area contributed by atoms with E-state index >= 15 is 0 Å². The highest BCUT2D eigenvalue weighted by Gasteiger charge is 2.14. The number of hydrogen-bond acceptors (Lipinski definition) is 6. The third-order valence-corrected chi connectivity index (χ3v) is 5.37. The van der Waals surface area contributed by atoms with Gasteiger partial charge in [-0.1, -0.05) is 17.7 Å². The Morgan fingerprint density at radius 1 is 1.12 bits per heavy atom. The van der Waals surface area contributed by atoms with Gasteiger partial charge in [-0.15, -0.1) is 0 Å². The van der Waals surface area contributed by atoms with Gasteiger partial charge in [0.25, 0.3) is 5.91 Å². The van der Waals surface area contributed by atoms with Crippen molar-refractivity contribution in [3.63, 3.8) is 0 Å². The summed E-state index contributed by atoms with van der Waals surface area (Å²) in [4.78, 5) is 37.1. The summed E-state index contributed by atoms with van der Waals surface area (Å²) in [6, 6.07) is 11.9. The number of nitrogen functional groups attached to an aromatic ring is 1. The Bertz CT molecular complexity index is 1390. The number of nitrogens with zero attached hydrogens (tertiary/aromatic N) is 3. The summed E-state index contributed by atoms with van der Waals surface area (Å²) in [5, 5.41) is 13.5. The van der Waals surface area contributed by atoms with Crippen LogP contribution in [0.2, 0.25) is 5.02 Å². The number of fused-ring (bicyclic) bond motifs is 1. The van der Waals surface area contributed by atoms with Crippen molar-refractivity contribution in [2.75, 3.05) is 5.73 Å². The monoisotopic (exact) mass is 461 g/mol. The van der Waals surface area contributed by atoms with Crippen molar-refractivity contribution in [2.45, 2.75) is 19.9 Å². The zero-order valence-corrected chi connectivity index (χ0v) is 18.4. The first kappa shape index (κ1) is 22.2. The number of pyridine rings is 3. The first-order valence-electron chi connectivity index (χ1n) is 10.1. The average Bonchev–Trinajstić information content (AvgIpc) is 2.77. The van der Waals surface area contributed by atoms with Gasteiger partial charge < -0.3 is 16.2 Å². The van der Waals surface area contributed by atoms with E-state index in [1.54, 1.807) is 36.5 Å². The number of aromatic nitrogens is 3. The highest BCUT2D eigenvalue weighted by molar-refractivity contribution is 6.31. The van der Waals surface area contributed by atoms with Gasteiger partial charge in [-0.05, 0) is 54.4 Å². The molecule has 8 nitrogen and oxygen atoms in total. The van der Waals surface area contributed by atoms with Crippen molar-refractivity contribution in [3.8, 4) is 0 Å². The van der Waals surface area contributed by atoms with E-state index in [9.17, 15) is 14.7 Å². The third-order valence-electron chi connectivity index (χ3n) is 5.16. The summed E-state index contributed by atoms with van der Waals surface area (Å²) in [7, 11) is 0. The number of benzene rings is 1. The molecule has 0 atom stereocenters. The molecule has 0 saturated heterocycles. The maximum absolute atomic E-state index is 12.7. The minimum Gasteiger partial charge on any atom is -0.478 e. The smallest absolute Gasteiger partial charge is 0.337 e. The predicted molar refractivity (Wildman–Crippen MR) is 125 cm³/mol. The van der Waals surface area contributed by atoms with E-state index in [4.69, 9.17) is 17.3 Å². The molecule has 0 aliphatic carbocycles. The zero-order valence-electron chi connectivity index (χ0n) is 17.7. The van der Waals surface area contributed by atoms with Crippen LogP contribution in [0.4, 0.5) is 5.82 Å². The summed E-state index contributed by atoms with van der Waals surface area (Å²) >= 11 is 6.03. The van der Waals surface area contributed by atoms with Crippen LogP contribution in [0.25, 0.3) is 10.9 Å². The highest BCUT2D eigenvalue weighted by Crippen LogP contribution is 2.24. The first-order chi connectivity index (χ1) is 15.8. The van der Waals surface area contributed by atoms with Crippen LogP contribution in [0.1, 0.15) is 43.2 Å². The number of rotatable bonds is 6. The van der Waals surface area contributed by atoms with Crippen molar-refractivity contribution in [2.24, 2.45) is 0 Å². The van der Waals surface area contributed by atoms with Gasteiger partial charge in [-0.25, -0.2) is 9.78 Å². The number of aryl methyl sites for hydroxylation is 1. The molecular weight excluding hydrogens is 442 g/mol. The molecule has 0 bridgehead atoms. The summed E-state index contributed by atoms with van der Waals surface area (Å²) in [5.74, 6) is -0.903. The van der Waals surface area contributed by atoms with Gasteiger partial charge in [-0.3, -0.25) is 14.8 Å². The number of nitrogens with one attached hydrogen (secondary N) is 1. The van der Waals surface area contributed by atoms with Crippen LogP contribution in [0.5, 0.6) is 0 Å². The van der Waals surface area contributed by atoms with Gasteiger partial charge in [0.2, 0.25) is 0 Å². The number of carbonyl (C=O) groups excluding carboxylic acids is 1. The lowest BCUT2D eigenvalue weighted by Crippen LogP contribution is -2.23. The molecule has 0 saturated carbocycles. The number of hydrogen-bond donors (Lipinski definition) is 3. The second-order valence-corrected chi connectivity index (χ2v) is 7.99. The van der Waals surface area contributed by atoms with E-state index in [0.29, 0.717) is 46.0 Å². The van der Waals surface area contributed by atoms with Crippen molar-refractivity contribution in [1.82, 2.24) is 20.3 Å². The topological polar surface area (TPSA) is 131 Å². The Morgan fingerprint density at radius 3 is 2.70 bits per heavy atom. The van der Waals surface area contributed by atoms with Gasteiger partial charge in [0.15, 0.2) is 0 Å². The van der Waals surface area contributed by atoms with Gasteiger partial charge in [-0.2, -0.15) is 0 Å². The molecule has 166 valence electrons. The van der Waals surface area contributed by atoms with E-state index in [0.717, 1.165) is 16.8 Å². The number of carboxylic acids is 1. The SMILES string of the molecule is Cc1nc(N)ccc1CNC(=O)c1ccnc(Cc2cc(C(=O)O)c3ncc(Cl)cc3c2)c1. The van der Waals surface area contributed by atoms with Gasteiger partial charge in [0.1, 0.15) is 5.82 Å². The molecule has 0 unspecified atom stereocenters. The Labute approximate surface area is 194 Å². The maximum Gasteiger partial charge on any atom is 0.337 e. The molecule has 4 rings (SSSR count). The van der Waals surface area contributed by atoms with Crippen molar-refractivity contribution in [1.29, 1.82) is 0 Å². The second kappa shape index (κ2) is 9.22. The standard InChI is InChI=1S/C24H20ClN5O3/c1-13-16(2-3-21(26)30-13)11-29-23(31)15-4-5-27-19(10-15)7-14-6-17-9-18(25)12-28-22(17)20(8-14)24(32)33/h2-6,8-10,12H,7,11H2,1H3,(H2,26,30)(H,29,31)(H,32,33). The second-order valence-electron chi connectivity index (χ2n) is 7.55. The molecule has 0 aliphatic rings. The molecule has 4 aromatic rings. The molecule has 0 radical (unpaired) electrons. The van der Waals surface area contributed by atoms with Gasteiger partial charge >= 0.3 is 5.97 Å². The number of anilines is 1. The Morgan fingerprint density at radius 2 is 1.94 bits per heavy atom. The lowest BCUT2D eigenvalue weighted by molar-refractivity contribution is 0.0698. The van der Waals surface area contributed by atoms with Crippen LogP contribution in [0.15, 0.2) is 54.9 Å². The fourth-order valence-electron chi connectivity index (χ4n) is 3.55. The predicted octanol–water partition coefficient (Wildman–Crippen LogP) is 3.79. The van der Waals surface area contributed by atoms with E-state index in [1.165, 1.54) is 6.20 Å². The maximum atomic E-state index is 12.7.